The van der Waals surface area contributed by atoms with Crippen molar-refractivity contribution in [3.63, 3.8) is 0 Å². The van der Waals surface area contributed by atoms with Crippen molar-refractivity contribution in [1.29, 1.82) is 0 Å². The summed E-state index contributed by atoms with van der Waals surface area (Å²) in [6.45, 7) is 2.57. The van der Waals surface area contributed by atoms with Crippen LogP contribution in [0.5, 0.6) is 0 Å². The fourth-order valence-corrected chi connectivity index (χ4v) is 3.03. The molecule has 0 aliphatic carbocycles. The monoisotopic (exact) mass is 323 g/mol. The molecule has 3 rings (SSSR count). The molecular formula is C19H25N5. The van der Waals surface area contributed by atoms with Crippen LogP contribution in [-0.4, -0.2) is 31.6 Å². The molecule has 1 aromatic heterocycles. The maximum atomic E-state index is 4.31. The van der Waals surface area contributed by atoms with Crippen LogP contribution in [0, 0.1) is 0 Å². The summed E-state index contributed by atoms with van der Waals surface area (Å²) in [5, 5.41) is 6.66. The summed E-state index contributed by atoms with van der Waals surface area (Å²) < 4.78 is 0. The molecule has 0 saturated carbocycles. The number of aromatic nitrogens is 1. The zero-order valence-electron chi connectivity index (χ0n) is 14.4. The number of nitrogens with zero attached hydrogens (tertiary/aromatic N) is 3. The van der Waals surface area contributed by atoms with Crippen molar-refractivity contribution in [3.8, 4) is 0 Å². The SMILES string of the molecule is CN=C(NCc1ccc2c(c1)CCCN2C)NCc1ccccn1. The zero-order chi connectivity index (χ0) is 16.8. The van der Waals surface area contributed by atoms with Crippen molar-refractivity contribution in [1.82, 2.24) is 15.6 Å². The first kappa shape index (κ1) is 16.3. The van der Waals surface area contributed by atoms with Crippen molar-refractivity contribution in [3.05, 3.63) is 59.4 Å². The van der Waals surface area contributed by atoms with E-state index < -0.39 is 0 Å². The van der Waals surface area contributed by atoms with Gasteiger partial charge in [-0.1, -0.05) is 18.2 Å². The van der Waals surface area contributed by atoms with E-state index in [4.69, 9.17) is 0 Å². The Morgan fingerprint density at radius 2 is 2.08 bits per heavy atom. The maximum Gasteiger partial charge on any atom is 0.191 e. The van der Waals surface area contributed by atoms with Crippen molar-refractivity contribution in [2.45, 2.75) is 25.9 Å². The number of hydrogen-bond donors (Lipinski definition) is 2. The minimum absolute atomic E-state index is 0.662. The molecule has 0 fully saturated rings. The fraction of sp³-hybridized carbons (Fsp3) is 0.368. The summed E-state index contributed by atoms with van der Waals surface area (Å²) in [4.78, 5) is 10.9. The van der Waals surface area contributed by atoms with Crippen LogP contribution in [0.25, 0.3) is 0 Å². The number of aliphatic imine (C=N–C) groups is 1. The Kier molecular flexibility index (Phi) is 5.31. The maximum absolute atomic E-state index is 4.31. The minimum atomic E-state index is 0.662. The van der Waals surface area contributed by atoms with E-state index in [1.165, 1.54) is 29.7 Å². The topological polar surface area (TPSA) is 52.6 Å². The van der Waals surface area contributed by atoms with Gasteiger partial charge in [0, 0.05) is 39.1 Å². The van der Waals surface area contributed by atoms with E-state index in [1.807, 2.05) is 18.2 Å². The lowest BCUT2D eigenvalue weighted by atomic mass is 9.99. The molecule has 2 N–H and O–H groups in total. The van der Waals surface area contributed by atoms with Gasteiger partial charge in [-0.15, -0.1) is 0 Å². The van der Waals surface area contributed by atoms with Gasteiger partial charge in [-0.25, -0.2) is 0 Å². The first-order chi connectivity index (χ1) is 11.8. The van der Waals surface area contributed by atoms with Crippen molar-refractivity contribution in [2.24, 2.45) is 4.99 Å². The van der Waals surface area contributed by atoms with E-state index in [9.17, 15) is 0 Å². The molecule has 126 valence electrons. The third kappa shape index (κ3) is 4.04. The number of anilines is 1. The smallest absolute Gasteiger partial charge is 0.191 e. The number of pyridine rings is 1. The molecule has 0 amide bonds. The average Bonchev–Trinajstić information content (AvgIpc) is 2.63. The molecule has 1 aliphatic rings. The minimum Gasteiger partial charge on any atom is -0.374 e. The molecular weight excluding hydrogens is 298 g/mol. The fourth-order valence-electron chi connectivity index (χ4n) is 3.03. The first-order valence-electron chi connectivity index (χ1n) is 8.43. The molecule has 0 saturated heterocycles. The van der Waals surface area contributed by atoms with Crippen LogP contribution >= 0.6 is 0 Å². The van der Waals surface area contributed by atoms with Gasteiger partial charge in [0.1, 0.15) is 0 Å². The van der Waals surface area contributed by atoms with Crippen LogP contribution in [0.2, 0.25) is 0 Å². The van der Waals surface area contributed by atoms with Crippen molar-refractivity contribution < 1.29 is 0 Å². The third-order valence-corrected chi connectivity index (χ3v) is 4.34. The van der Waals surface area contributed by atoms with Gasteiger partial charge in [-0.2, -0.15) is 0 Å². The molecule has 0 atom stereocenters. The predicted octanol–water partition coefficient (Wildman–Crippen LogP) is 2.33. The summed E-state index contributed by atoms with van der Waals surface area (Å²) in [7, 11) is 3.95. The molecule has 5 nitrogen and oxygen atoms in total. The summed E-state index contributed by atoms with van der Waals surface area (Å²) in [6, 6.07) is 12.6. The van der Waals surface area contributed by atoms with Crippen molar-refractivity contribution >= 4 is 11.6 Å². The largest absolute Gasteiger partial charge is 0.374 e. The summed E-state index contributed by atoms with van der Waals surface area (Å²) in [5.74, 6) is 0.787. The highest BCUT2D eigenvalue weighted by Gasteiger charge is 2.13. The molecule has 2 aromatic rings. The Hall–Kier alpha value is -2.56. The number of benzene rings is 1. The molecule has 24 heavy (non-hydrogen) atoms. The highest BCUT2D eigenvalue weighted by Crippen LogP contribution is 2.26. The van der Waals surface area contributed by atoms with E-state index in [2.05, 4.69) is 50.8 Å². The second-order valence-electron chi connectivity index (χ2n) is 6.09. The molecule has 5 heteroatoms. The highest BCUT2D eigenvalue weighted by atomic mass is 15.2. The van der Waals surface area contributed by atoms with Gasteiger partial charge < -0.3 is 15.5 Å². The molecule has 1 aromatic carbocycles. The standard InChI is InChI=1S/C19H25N5/c1-20-19(23-14-17-7-3-4-10-21-17)22-13-15-8-9-18-16(12-15)6-5-11-24(18)2/h3-4,7-10,12H,5-6,11,13-14H2,1-2H3,(H2,20,22,23). The van der Waals surface area contributed by atoms with Crippen LogP contribution in [0.15, 0.2) is 47.6 Å². The zero-order valence-corrected chi connectivity index (χ0v) is 14.4. The van der Waals surface area contributed by atoms with Crippen LogP contribution in [-0.2, 0) is 19.5 Å². The van der Waals surface area contributed by atoms with Gasteiger partial charge in [0.15, 0.2) is 5.96 Å². The second-order valence-corrected chi connectivity index (χ2v) is 6.09. The van der Waals surface area contributed by atoms with Crippen LogP contribution in [0.4, 0.5) is 5.69 Å². The van der Waals surface area contributed by atoms with E-state index in [0.29, 0.717) is 6.54 Å². The Labute approximate surface area is 143 Å². The Morgan fingerprint density at radius 3 is 2.88 bits per heavy atom. The molecule has 0 radical (unpaired) electrons. The van der Waals surface area contributed by atoms with Gasteiger partial charge in [-0.05, 0) is 42.2 Å². The van der Waals surface area contributed by atoms with Crippen LogP contribution < -0.4 is 15.5 Å². The summed E-state index contributed by atoms with van der Waals surface area (Å²) >= 11 is 0. The van der Waals surface area contributed by atoms with Gasteiger partial charge in [0.2, 0.25) is 0 Å². The lowest BCUT2D eigenvalue weighted by Crippen LogP contribution is -2.36. The normalized spacial score (nSPS) is 14.2. The highest BCUT2D eigenvalue weighted by molar-refractivity contribution is 5.79. The number of rotatable bonds is 4. The van der Waals surface area contributed by atoms with Crippen LogP contribution in [0.1, 0.15) is 23.2 Å². The number of fused-ring (bicyclic) bond motifs is 1. The number of aryl methyl sites for hydroxylation is 1. The molecule has 1 aliphatic heterocycles. The van der Waals surface area contributed by atoms with E-state index >= 15 is 0 Å². The van der Waals surface area contributed by atoms with Gasteiger partial charge in [0.05, 0.1) is 12.2 Å². The van der Waals surface area contributed by atoms with E-state index in [0.717, 1.165) is 24.7 Å². The summed E-state index contributed by atoms with van der Waals surface area (Å²) in [6.07, 6.45) is 4.20. The quantitative estimate of drug-likeness (QED) is 0.670. The Balaban J connectivity index is 1.56. The molecule has 0 spiro atoms. The third-order valence-electron chi connectivity index (χ3n) is 4.34. The molecule has 0 bridgehead atoms. The Morgan fingerprint density at radius 1 is 1.21 bits per heavy atom. The van der Waals surface area contributed by atoms with Gasteiger partial charge >= 0.3 is 0 Å². The second kappa shape index (κ2) is 7.81. The predicted molar refractivity (Wildman–Crippen MR) is 99.3 cm³/mol. The first-order valence-corrected chi connectivity index (χ1v) is 8.43. The number of hydrogen-bond acceptors (Lipinski definition) is 3. The lowest BCUT2D eigenvalue weighted by molar-refractivity contribution is 0.740. The average molecular weight is 323 g/mol. The van der Waals surface area contributed by atoms with Crippen LogP contribution in [0.3, 0.4) is 0 Å². The van der Waals surface area contributed by atoms with E-state index in [-0.39, 0.29) is 0 Å². The van der Waals surface area contributed by atoms with Crippen molar-refractivity contribution in [2.75, 3.05) is 25.5 Å². The Bertz CT molecular complexity index is 696. The van der Waals surface area contributed by atoms with E-state index in [1.54, 1.807) is 13.2 Å². The summed E-state index contributed by atoms with van der Waals surface area (Å²) in [5.41, 5.74) is 5.09. The number of guanidine groups is 1. The molecule has 2 heterocycles. The lowest BCUT2D eigenvalue weighted by Gasteiger charge is -2.28. The molecule has 0 unspecified atom stereocenters. The number of nitrogens with one attached hydrogen (secondary N) is 2. The van der Waals surface area contributed by atoms with Gasteiger partial charge in [0.25, 0.3) is 0 Å². The van der Waals surface area contributed by atoms with Gasteiger partial charge in [-0.3, -0.25) is 9.98 Å².